The maximum atomic E-state index is 6.47. The molecule has 0 bridgehead atoms. The van der Waals surface area contributed by atoms with E-state index in [1.165, 1.54) is 5.56 Å². The topological polar surface area (TPSA) is 52.5 Å². The smallest absolute Gasteiger partial charge is 0.214 e. The third-order valence-electron chi connectivity index (χ3n) is 6.06. The van der Waals surface area contributed by atoms with Crippen molar-refractivity contribution >= 4 is 5.71 Å². The van der Waals surface area contributed by atoms with Gasteiger partial charge in [-0.15, -0.1) is 0 Å². The number of ether oxygens (including phenoxy) is 4. The Morgan fingerprint density at radius 3 is 2.25 bits per heavy atom. The molecule has 0 saturated heterocycles. The van der Waals surface area contributed by atoms with Gasteiger partial charge in [0.2, 0.25) is 12.0 Å². The van der Waals surface area contributed by atoms with E-state index in [0.29, 0.717) is 17.2 Å². The third-order valence-corrected chi connectivity index (χ3v) is 6.06. The van der Waals surface area contributed by atoms with Crippen molar-refractivity contribution in [2.45, 2.75) is 25.6 Å². The molecule has 5 rings (SSSR count). The number of fused-ring (bicyclic) bond motifs is 3. The van der Waals surface area contributed by atoms with Crippen LogP contribution in [0.4, 0.5) is 0 Å². The van der Waals surface area contributed by atoms with Gasteiger partial charge in [0.05, 0.1) is 33.1 Å². The third kappa shape index (κ3) is 3.32. The Labute approximate surface area is 188 Å². The molecule has 0 spiro atoms. The van der Waals surface area contributed by atoms with Crippen molar-refractivity contribution in [2.24, 2.45) is 5.10 Å². The molecule has 2 aliphatic heterocycles. The number of rotatable bonds is 5. The monoisotopic (exact) mass is 430 g/mol. The Kier molecular flexibility index (Phi) is 5.13. The van der Waals surface area contributed by atoms with E-state index in [0.717, 1.165) is 34.6 Å². The minimum atomic E-state index is -0.424. The van der Waals surface area contributed by atoms with Crippen LogP contribution in [-0.2, 0) is 0 Å². The minimum absolute atomic E-state index is 0.0837. The molecule has 32 heavy (non-hydrogen) atoms. The molecule has 0 aliphatic carbocycles. The predicted octanol–water partition coefficient (Wildman–Crippen LogP) is 5.26. The first-order valence-electron chi connectivity index (χ1n) is 10.6. The summed E-state index contributed by atoms with van der Waals surface area (Å²) in [4.78, 5) is 0. The Bertz CT molecular complexity index is 1150. The van der Waals surface area contributed by atoms with Crippen molar-refractivity contribution < 1.29 is 18.9 Å². The maximum Gasteiger partial charge on any atom is 0.214 e. The summed E-state index contributed by atoms with van der Waals surface area (Å²) >= 11 is 0. The lowest BCUT2D eigenvalue weighted by atomic mass is 9.95. The zero-order chi connectivity index (χ0) is 22.2. The maximum absolute atomic E-state index is 6.47. The summed E-state index contributed by atoms with van der Waals surface area (Å²) in [5.41, 5.74) is 5.43. The van der Waals surface area contributed by atoms with E-state index in [4.69, 9.17) is 24.0 Å². The second kappa shape index (κ2) is 8.11. The van der Waals surface area contributed by atoms with Gasteiger partial charge < -0.3 is 18.9 Å². The number of aryl methyl sites for hydroxylation is 1. The highest BCUT2D eigenvalue weighted by atomic mass is 16.5. The molecular weight excluding hydrogens is 404 g/mol. The van der Waals surface area contributed by atoms with Gasteiger partial charge in [-0.3, -0.25) is 0 Å². The van der Waals surface area contributed by atoms with Gasteiger partial charge in [0.15, 0.2) is 11.5 Å². The van der Waals surface area contributed by atoms with E-state index in [1.807, 2.05) is 30.3 Å². The fourth-order valence-corrected chi connectivity index (χ4v) is 4.42. The van der Waals surface area contributed by atoms with Gasteiger partial charge in [0, 0.05) is 17.5 Å². The molecule has 3 aromatic rings. The molecular formula is C26H26N2O4. The highest BCUT2D eigenvalue weighted by Crippen LogP contribution is 2.49. The van der Waals surface area contributed by atoms with Crippen molar-refractivity contribution in [2.75, 3.05) is 21.3 Å². The summed E-state index contributed by atoms with van der Waals surface area (Å²) in [5.74, 6) is 2.59. The van der Waals surface area contributed by atoms with E-state index < -0.39 is 6.23 Å². The fourth-order valence-electron chi connectivity index (χ4n) is 4.42. The zero-order valence-electron chi connectivity index (χ0n) is 18.7. The number of methoxy groups -OCH3 is 3. The molecule has 0 aromatic heterocycles. The standard InChI is InChI=1S/C26H26N2O4/c1-16-9-11-17(12-10-16)20-15-21-19-7-5-6-8-22(19)32-26(28(21)27-20)18-13-23(29-2)25(31-4)24(14-18)30-3/h5-14,21,26H,15H2,1-4H3/t21-,26+/m0/s1. The van der Waals surface area contributed by atoms with Crippen molar-refractivity contribution in [3.63, 3.8) is 0 Å². The molecule has 0 saturated carbocycles. The summed E-state index contributed by atoms with van der Waals surface area (Å²) in [6.07, 6.45) is 0.385. The molecule has 6 heteroatoms. The molecule has 0 fully saturated rings. The Balaban J connectivity index is 1.61. The normalized spacial score (nSPS) is 18.9. The van der Waals surface area contributed by atoms with Crippen LogP contribution in [0, 0.1) is 6.92 Å². The van der Waals surface area contributed by atoms with Gasteiger partial charge in [-0.1, -0.05) is 48.0 Å². The number of para-hydroxylation sites is 1. The Morgan fingerprint density at radius 2 is 1.59 bits per heavy atom. The van der Waals surface area contributed by atoms with Crippen LogP contribution in [0.25, 0.3) is 0 Å². The zero-order valence-corrected chi connectivity index (χ0v) is 18.7. The first-order valence-corrected chi connectivity index (χ1v) is 10.6. The number of hydrogen-bond acceptors (Lipinski definition) is 6. The average Bonchev–Trinajstić information content (AvgIpc) is 3.28. The van der Waals surface area contributed by atoms with Gasteiger partial charge in [-0.05, 0) is 30.7 Å². The van der Waals surface area contributed by atoms with E-state index >= 15 is 0 Å². The van der Waals surface area contributed by atoms with Gasteiger partial charge in [0.25, 0.3) is 0 Å². The fraction of sp³-hybridized carbons (Fsp3) is 0.269. The summed E-state index contributed by atoms with van der Waals surface area (Å²) in [6, 6.07) is 20.6. The first kappa shape index (κ1) is 20.2. The minimum Gasteiger partial charge on any atom is -0.493 e. The number of hydrazone groups is 1. The average molecular weight is 431 g/mol. The molecule has 0 unspecified atom stereocenters. The number of nitrogens with zero attached hydrogens (tertiary/aromatic N) is 2. The van der Waals surface area contributed by atoms with Crippen LogP contribution >= 0.6 is 0 Å². The molecule has 164 valence electrons. The first-order chi connectivity index (χ1) is 15.6. The Morgan fingerprint density at radius 1 is 0.906 bits per heavy atom. The summed E-state index contributed by atoms with van der Waals surface area (Å²) in [7, 11) is 4.83. The van der Waals surface area contributed by atoms with Gasteiger partial charge in [-0.2, -0.15) is 5.10 Å². The molecule has 2 aliphatic rings. The molecule has 6 nitrogen and oxygen atoms in total. The van der Waals surface area contributed by atoms with Crippen LogP contribution in [0.2, 0.25) is 0 Å². The summed E-state index contributed by atoms with van der Waals surface area (Å²) in [6.45, 7) is 2.09. The van der Waals surface area contributed by atoms with Crippen LogP contribution in [0.3, 0.4) is 0 Å². The van der Waals surface area contributed by atoms with Gasteiger partial charge in [0.1, 0.15) is 5.75 Å². The molecule has 2 heterocycles. The predicted molar refractivity (Wildman–Crippen MR) is 123 cm³/mol. The van der Waals surface area contributed by atoms with E-state index in [-0.39, 0.29) is 6.04 Å². The van der Waals surface area contributed by atoms with Crippen LogP contribution in [0.5, 0.6) is 23.0 Å². The van der Waals surface area contributed by atoms with E-state index in [9.17, 15) is 0 Å². The Hall–Kier alpha value is -3.67. The summed E-state index contributed by atoms with van der Waals surface area (Å²) in [5, 5.41) is 7.09. The SMILES string of the molecule is COc1cc([C@H]2Oc3ccccc3[C@@H]3CC(c4ccc(C)cc4)=NN23)cc(OC)c1OC. The molecule has 3 aromatic carbocycles. The van der Waals surface area contributed by atoms with E-state index in [1.54, 1.807) is 21.3 Å². The highest BCUT2D eigenvalue weighted by molar-refractivity contribution is 6.02. The second-order valence-corrected chi connectivity index (χ2v) is 7.98. The van der Waals surface area contributed by atoms with Crippen LogP contribution in [0.1, 0.15) is 40.9 Å². The van der Waals surface area contributed by atoms with Crippen molar-refractivity contribution in [3.05, 3.63) is 82.9 Å². The van der Waals surface area contributed by atoms with Crippen molar-refractivity contribution in [3.8, 4) is 23.0 Å². The molecule has 0 radical (unpaired) electrons. The van der Waals surface area contributed by atoms with Crippen LogP contribution < -0.4 is 18.9 Å². The van der Waals surface area contributed by atoms with Crippen LogP contribution in [0.15, 0.2) is 65.8 Å². The lowest BCUT2D eigenvalue weighted by Gasteiger charge is -2.38. The lowest BCUT2D eigenvalue weighted by molar-refractivity contribution is -0.0192. The second-order valence-electron chi connectivity index (χ2n) is 7.98. The highest BCUT2D eigenvalue weighted by Gasteiger charge is 2.41. The van der Waals surface area contributed by atoms with Crippen molar-refractivity contribution in [1.82, 2.24) is 5.01 Å². The lowest BCUT2D eigenvalue weighted by Crippen LogP contribution is -2.33. The molecule has 2 atom stereocenters. The molecule has 0 amide bonds. The van der Waals surface area contributed by atoms with Gasteiger partial charge in [-0.25, -0.2) is 5.01 Å². The van der Waals surface area contributed by atoms with Crippen molar-refractivity contribution in [1.29, 1.82) is 0 Å². The quantitative estimate of drug-likeness (QED) is 0.552. The van der Waals surface area contributed by atoms with E-state index in [2.05, 4.69) is 42.3 Å². The number of benzene rings is 3. The van der Waals surface area contributed by atoms with Crippen LogP contribution in [-0.4, -0.2) is 32.0 Å². The molecule has 0 N–H and O–H groups in total. The largest absolute Gasteiger partial charge is 0.493 e. The summed E-state index contributed by atoms with van der Waals surface area (Å²) < 4.78 is 23.1. The number of hydrogen-bond donors (Lipinski definition) is 0. The van der Waals surface area contributed by atoms with Gasteiger partial charge >= 0.3 is 0 Å².